The van der Waals surface area contributed by atoms with Gasteiger partial charge in [0.05, 0.1) is 24.2 Å². The van der Waals surface area contributed by atoms with Gasteiger partial charge in [0, 0.05) is 27.4 Å². The third-order valence-electron chi connectivity index (χ3n) is 3.83. The highest BCUT2D eigenvalue weighted by Gasteiger charge is 2.12. The number of nitrogens with zero attached hydrogens (tertiary/aromatic N) is 1. The molecule has 27 heavy (non-hydrogen) atoms. The molecule has 3 rings (SSSR count). The molecule has 0 aliphatic heterocycles. The van der Waals surface area contributed by atoms with Gasteiger partial charge in [0.1, 0.15) is 0 Å². The van der Waals surface area contributed by atoms with E-state index in [0.717, 1.165) is 33.1 Å². The third-order valence-corrected chi connectivity index (χ3v) is 5.34. The van der Waals surface area contributed by atoms with E-state index in [9.17, 15) is 4.79 Å². The molecule has 8 heteroatoms. The van der Waals surface area contributed by atoms with Crippen molar-refractivity contribution in [3.8, 4) is 0 Å². The van der Waals surface area contributed by atoms with Gasteiger partial charge in [0.15, 0.2) is 0 Å². The van der Waals surface area contributed by atoms with E-state index in [2.05, 4.69) is 14.3 Å². The van der Waals surface area contributed by atoms with Gasteiger partial charge in [0.2, 0.25) is 0 Å². The fraction of sp³-hybridized carbons (Fsp3) is 0.105. The van der Waals surface area contributed by atoms with Gasteiger partial charge in [0.25, 0.3) is 0 Å². The molecular weight excluding hydrogens is 386 g/mol. The molecular formula is C19H17NO5S2. The van der Waals surface area contributed by atoms with Gasteiger partial charge >= 0.3 is 5.97 Å². The molecule has 0 aliphatic rings. The lowest BCUT2D eigenvalue weighted by Gasteiger charge is -2.24. The number of carboxylic acid groups (broad SMARTS) is 1. The van der Waals surface area contributed by atoms with E-state index in [1.807, 2.05) is 54.6 Å². The summed E-state index contributed by atoms with van der Waals surface area (Å²) in [4.78, 5) is 15.1. The van der Waals surface area contributed by atoms with Gasteiger partial charge in [-0.15, -0.1) is 15.7 Å². The lowest BCUT2D eigenvalue weighted by Crippen LogP contribution is -2.21. The standard InChI is InChI=1S/C19H17NO5S2/c21-19(22)15-10-18(26-13-15)12-20(16-4-2-1-3-5-16)11-14-6-8-17(9-7-14)27-25-24-23/h1-10,13,23H,11-12H2,(H,21,22). The summed E-state index contributed by atoms with van der Waals surface area (Å²) in [5, 5.41) is 22.6. The number of rotatable bonds is 9. The minimum atomic E-state index is -0.911. The van der Waals surface area contributed by atoms with Gasteiger partial charge < -0.3 is 10.0 Å². The molecule has 2 aromatic carbocycles. The minimum Gasteiger partial charge on any atom is -0.478 e. The van der Waals surface area contributed by atoms with Crippen LogP contribution in [0.5, 0.6) is 0 Å². The maximum Gasteiger partial charge on any atom is 0.336 e. The average molecular weight is 403 g/mol. The summed E-state index contributed by atoms with van der Waals surface area (Å²) in [6.45, 7) is 1.27. The van der Waals surface area contributed by atoms with Gasteiger partial charge in [-0.3, -0.25) is 0 Å². The Morgan fingerprint density at radius 2 is 1.81 bits per heavy atom. The second kappa shape index (κ2) is 9.54. The lowest BCUT2D eigenvalue weighted by molar-refractivity contribution is -0.432. The topological polar surface area (TPSA) is 79.2 Å². The number of carboxylic acids is 1. The van der Waals surface area contributed by atoms with Crippen molar-refractivity contribution in [1.29, 1.82) is 0 Å². The van der Waals surface area contributed by atoms with E-state index in [0.29, 0.717) is 18.7 Å². The van der Waals surface area contributed by atoms with Crippen molar-refractivity contribution in [2.45, 2.75) is 18.0 Å². The zero-order valence-corrected chi connectivity index (χ0v) is 15.8. The molecule has 1 aromatic heterocycles. The molecule has 3 aromatic rings. The summed E-state index contributed by atoms with van der Waals surface area (Å²) >= 11 is 2.36. The second-order valence-corrected chi connectivity index (χ2v) is 7.44. The number of carbonyl (C=O) groups is 1. The monoisotopic (exact) mass is 403 g/mol. The van der Waals surface area contributed by atoms with Crippen LogP contribution >= 0.6 is 23.4 Å². The predicted molar refractivity (Wildman–Crippen MR) is 105 cm³/mol. The van der Waals surface area contributed by atoms with Crippen LogP contribution in [0.3, 0.4) is 0 Å². The van der Waals surface area contributed by atoms with Crippen molar-refractivity contribution in [1.82, 2.24) is 0 Å². The van der Waals surface area contributed by atoms with Crippen molar-refractivity contribution in [2.75, 3.05) is 4.90 Å². The van der Waals surface area contributed by atoms with Crippen LogP contribution in [0, 0.1) is 0 Å². The van der Waals surface area contributed by atoms with Crippen LogP contribution in [-0.2, 0) is 22.5 Å². The van der Waals surface area contributed by atoms with Crippen LogP contribution in [0.25, 0.3) is 0 Å². The molecule has 140 valence electrons. The summed E-state index contributed by atoms with van der Waals surface area (Å²) in [6, 6.07) is 19.4. The zero-order chi connectivity index (χ0) is 19.1. The number of thiophene rings is 1. The third kappa shape index (κ3) is 5.56. The highest BCUT2D eigenvalue weighted by Crippen LogP contribution is 2.25. The van der Waals surface area contributed by atoms with Crippen molar-refractivity contribution in [2.24, 2.45) is 0 Å². The summed E-state index contributed by atoms with van der Waals surface area (Å²) in [6.07, 6.45) is 0. The Labute approximate surface area is 164 Å². The molecule has 0 saturated carbocycles. The van der Waals surface area contributed by atoms with Crippen LogP contribution in [0.15, 0.2) is 70.9 Å². The van der Waals surface area contributed by atoms with Crippen molar-refractivity contribution < 1.29 is 24.5 Å². The molecule has 1 heterocycles. The largest absolute Gasteiger partial charge is 0.478 e. The first kappa shape index (κ1) is 19.4. The summed E-state index contributed by atoms with van der Waals surface area (Å²) < 4.78 is 4.43. The Hall–Kier alpha value is -2.36. The first-order chi connectivity index (χ1) is 13.2. The smallest absolute Gasteiger partial charge is 0.336 e. The quantitative estimate of drug-likeness (QED) is 0.293. The van der Waals surface area contributed by atoms with E-state index in [1.165, 1.54) is 11.3 Å². The maximum absolute atomic E-state index is 11.1. The Kier molecular flexibility index (Phi) is 6.86. The number of aromatic carboxylic acids is 1. The molecule has 0 fully saturated rings. The zero-order valence-electron chi connectivity index (χ0n) is 14.1. The van der Waals surface area contributed by atoms with E-state index in [4.69, 9.17) is 10.4 Å². The summed E-state index contributed by atoms with van der Waals surface area (Å²) in [7, 11) is 0. The molecule has 0 atom stereocenters. The van der Waals surface area contributed by atoms with Crippen molar-refractivity contribution >= 4 is 35.0 Å². The van der Waals surface area contributed by atoms with Crippen LogP contribution in [0.2, 0.25) is 0 Å². The van der Waals surface area contributed by atoms with E-state index >= 15 is 0 Å². The Morgan fingerprint density at radius 3 is 2.44 bits per heavy atom. The second-order valence-electron chi connectivity index (χ2n) is 5.67. The number of para-hydroxylation sites is 1. The van der Waals surface area contributed by atoms with Crippen LogP contribution in [-0.4, -0.2) is 16.3 Å². The van der Waals surface area contributed by atoms with Gasteiger partial charge in [-0.25, -0.2) is 10.1 Å². The molecule has 6 nitrogen and oxygen atoms in total. The highest BCUT2D eigenvalue weighted by atomic mass is 32.2. The van der Waals surface area contributed by atoms with Crippen LogP contribution < -0.4 is 4.90 Å². The van der Waals surface area contributed by atoms with E-state index < -0.39 is 5.97 Å². The first-order valence-electron chi connectivity index (χ1n) is 8.00. The van der Waals surface area contributed by atoms with Crippen LogP contribution in [0.1, 0.15) is 20.8 Å². The summed E-state index contributed by atoms with van der Waals surface area (Å²) in [5.74, 6) is -0.911. The van der Waals surface area contributed by atoms with Crippen molar-refractivity contribution in [3.05, 3.63) is 82.0 Å². The van der Waals surface area contributed by atoms with Gasteiger partial charge in [-0.1, -0.05) is 35.4 Å². The minimum absolute atomic E-state index is 0.315. The fourth-order valence-electron chi connectivity index (χ4n) is 2.57. The lowest BCUT2D eigenvalue weighted by atomic mass is 10.2. The molecule has 0 aliphatic carbocycles. The average Bonchev–Trinajstić information content (AvgIpc) is 3.16. The molecule has 0 spiro atoms. The first-order valence-corrected chi connectivity index (χ1v) is 9.62. The molecule has 0 saturated heterocycles. The fourth-order valence-corrected chi connectivity index (χ4v) is 3.80. The van der Waals surface area contributed by atoms with E-state index in [1.54, 1.807) is 11.4 Å². The van der Waals surface area contributed by atoms with E-state index in [-0.39, 0.29) is 0 Å². The normalized spacial score (nSPS) is 10.7. The number of anilines is 1. The molecule has 0 amide bonds. The van der Waals surface area contributed by atoms with Gasteiger partial charge in [-0.2, -0.15) is 0 Å². The molecule has 0 unspecified atom stereocenters. The molecule has 0 radical (unpaired) electrons. The highest BCUT2D eigenvalue weighted by molar-refractivity contribution is 7.94. The predicted octanol–water partition coefficient (Wildman–Crippen LogP) is 5.08. The maximum atomic E-state index is 11.1. The molecule has 2 N–H and O–H groups in total. The Bertz CT molecular complexity index is 867. The summed E-state index contributed by atoms with van der Waals surface area (Å²) in [5.41, 5.74) is 2.46. The number of hydrogen-bond donors (Lipinski definition) is 2. The van der Waals surface area contributed by atoms with Crippen LogP contribution in [0.4, 0.5) is 5.69 Å². The Balaban J connectivity index is 1.76. The SMILES string of the molecule is O=C(O)c1csc(CN(Cc2ccc(SOOO)cc2)c2ccccc2)c1. The van der Waals surface area contributed by atoms with Gasteiger partial charge in [-0.05, 0) is 35.9 Å². The number of benzene rings is 2. The van der Waals surface area contributed by atoms with Crippen molar-refractivity contribution in [3.63, 3.8) is 0 Å². The number of hydrogen-bond acceptors (Lipinski definition) is 7. The Morgan fingerprint density at radius 1 is 1.07 bits per heavy atom. The molecule has 0 bridgehead atoms.